The lowest BCUT2D eigenvalue weighted by molar-refractivity contribution is -0.0399. The Hall–Kier alpha value is -0.933. The van der Waals surface area contributed by atoms with Gasteiger partial charge in [0.05, 0.1) is 0 Å². The second-order valence-corrected chi connectivity index (χ2v) is 18.7. The van der Waals surface area contributed by atoms with E-state index in [9.17, 15) is 0 Å². The number of fused-ring (bicyclic) bond motifs is 5. The molecule has 0 saturated heterocycles. The maximum Gasteiger partial charge on any atom is 0.192 e. The van der Waals surface area contributed by atoms with Crippen LogP contribution in [0.15, 0.2) is 36.2 Å². The van der Waals surface area contributed by atoms with Crippen LogP contribution in [0.3, 0.4) is 0 Å². The molecule has 2 nitrogen and oxygen atoms in total. The highest BCUT2D eigenvalue weighted by Gasteiger charge is 2.59. The maximum atomic E-state index is 6.91. The Balaban J connectivity index is 1.35. The first-order chi connectivity index (χ1) is 15.5. The highest BCUT2D eigenvalue weighted by atomic mass is 28.4. The summed E-state index contributed by atoms with van der Waals surface area (Å²) in [5.74, 6) is 3.32. The molecule has 0 spiro atoms. The molecular weight excluding hydrogens is 418 g/mol. The molecule has 0 amide bonds. The highest BCUT2D eigenvalue weighted by molar-refractivity contribution is 6.74. The Morgan fingerprint density at radius 2 is 1.82 bits per heavy atom. The van der Waals surface area contributed by atoms with Gasteiger partial charge in [0.2, 0.25) is 0 Å². The van der Waals surface area contributed by atoms with Gasteiger partial charge in [-0.25, -0.2) is 0 Å². The van der Waals surface area contributed by atoms with Gasteiger partial charge in [0, 0.05) is 18.5 Å². The minimum Gasteiger partial charge on any atom is -0.414 e. The van der Waals surface area contributed by atoms with E-state index in [2.05, 4.69) is 77.1 Å². The first-order valence-corrected chi connectivity index (χ1v) is 16.6. The summed E-state index contributed by atoms with van der Waals surface area (Å²) >= 11 is 0. The molecule has 1 heterocycles. The molecule has 1 aromatic heterocycles. The zero-order valence-corrected chi connectivity index (χ0v) is 23.3. The minimum absolute atomic E-state index is 0.293. The van der Waals surface area contributed by atoms with Gasteiger partial charge in [-0.1, -0.05) is 52.3 Å². The van der Waals surface area contributed by atoms with Gasteiger partial charge in [-0.15, -0.1) is 0 Å². The fourth-order valence-corrected chi connectivity index (χ4v) is 9.84. The molecule has 3 saturated carbocycles. The van der Waals surface area contributed by atoms with Crippen LogP contribution in [0.1, 0.15) is 97.5 Å². The lowest BCUT2D eigenvalue weighted by Gasteiger charge is -2.58. The molecule has 1 aromatic rings. The third-order valence-corrected chi connectivity index (χ3v) is 15.9. The van der Waals surface area contributed by atoms with Gasteiger partial charge < -0.3 is 4.43 Å². The maximum absolute atomic E-state index is 6.91. The topological polar surface area (TPSA) is 22.1 Å². The number of allylic oxidation sites excluding steroid dienone is 1. The SMILES string of the molecule is CC(C)(C)[Si](C)(C)OC1CC[C@@]2(C)C(=CC[C@@H]3[C@@H]2CC[C@]2(C)C(c4cccnc4)CC[C@@H]32)C1. The molecule has 4 aliphatic carbocycles. The quantitative estimate of drug-likeness (QED) is 0.329. The molecule has 0 radical (unpaired) electrons. The first-order valence-electron chi connectivity index (χ1n) is 13.7. The van der Waals surface area contributed by atoms with E-state index < -0.39 is 8.32 Å². The summed E-state index contributed by atoms with van der Waals surface area (Å²) < 4.78 is 6.91. The molecule has 3 heteroatoms. The van der Waals surface area contributed by atoms with E-state index in [1.807, 2.05) is 6.20 Å². The number of hydrogen-bond acceptors (Lipinski definition) is 2. The smallest absolute Gasteiger partial charge is 0.192 e. The normalized spacial score (nSPS) is 41.1. The molecular formula is C30H47NOSi. The first kappa shape index (κ1) is 23.8. The average Bonchev–Trinajstić information content (AvgIpc) is 3.11. The molecule has 4 aliphatic rings. The lowest BCUT2D eigenvalue weighted by atomic mass is 9.47. The van der Waals surface area contributed by atoms with E-state index in [4.69, 9.17) is 4.43 Å². The van der Waals surface area contributed by atoms with Crippen molar-refractivity contribution in [1.82, 2.24) is 4.98 Å². The molecule has 2 unspecified atom stereocenters. The Labute approximate surface area is 204 Å². The molecule has 0 N–H and O–H groups in total. The van der Waals surface area contributed by atoms with Crippen molar-refractivity contribution in [3.63, 3.8) is 0 Å². The largest absolute Gasteiger partial charge is 0.414 e. The van der Waals surface area contributed by atoms with E-state index in [-0.39, 0.29) is 0 Å². The van der Waals surface area contributed by atoms with Crippen molar-refractivity contribution in [2.45, 2.75) is 116 Å². The molecule has 0 bridgehead atoms. The van der Waals surface area contributed by atoms with Crippen molar-refractivity contribution in [2.24, 2.45) is 28.6 Å². The van der Waals surface area contributed by atoms with Gasteiger partial charge in [-0.05, 0) is 116 Å². The van der Waals surface area contributed by atoms with Crippen molar-refractivity contribution in [1.29, 1.82) is 0 Å². The van der Waals surface area contributed by atoms with Gasteiger partial charge in [-0.3, -0.25) is 4.98 Å². The summed E-state index contributed by atoms with van der Waals surface area (Å²) in [6.45, 7) is 17.2. The third-order valence-electron chi connectivity index (χ3n) is 11.4. The van der Waals surface area contributed by atoms with Crippen LogP contribution in [0.25, 0.3) is 0 Å². The van der Waals surface area contributed by atoms with Crippen molar-refractivity contribution in [3.8, 4) is 0 Å². The Morgan fingerprint density at radius 1 is 1.03 bits per heavy atom. The van der Waals surface area contributed by atoms with Crippen LogP contribution in [0, 0.1) is 28.6 Å². The zero-order chi connectivity index (χ0) is 23.6. The monoisotopic (exact) mass is 465 g/mol. The fraction of sp³-hybridized carbons (Fsp3) is 0.767. The van der Waals surface area contributed by atoms with E-state index in [1.165, 1.54) is 56.9 Å². The number of pyridine rings is 1. The van der Waals surface area contributed by atoms with Crippen LogP contribution < -0.4 is 0 Å². The fourth-order valence-electron chi connectivity index (χ4n) is 8.45. The van der Waals surface area contributed by atoms with Crippen molar-refractivity contribution >= 4 is 8.32 Å². The molecule has 3 fully saturated rings. The van der Waals surface area contributed by atoms with Gasteiger partial charge in [0.25, 0.3) is 0 Å². The summed E-state index contributed by atoms with van der Waals surface area (Å²) in [6, 6.07) is 4.47. The Bertz CT molecular complexity index is 902. The van der Waals surface area contributed by atoms with Gasteiger partial charge >= 0.3 is 0 Å². The highest BCUT2D eigenvalue weighted by Crippen LogP contribution is 2.68. The zero-order valence-electron chi connectivity index (χ0n) is 22.3. The second-order valence-electron chi connectivity index (χ2n) is 14.0. The molecule has 5 rings (SSSR count). The summed E-state index contributed by atoms with van der Waals surface area (Å²) in [5, 5.41) is 0.293. The van der Waals surface area contributed by atoms with E-state index in [0.717, 1.165) is 17.8 Å². The van der Waals surface area contributed by atoms with Gasteiger partial charge in [0.15, 0.2) is 8.32 Å². The van der Waals surface area contributed by atoms with E-state index in [1.54, 1.807) is 5.57 Å². The van der Waals surface area contributed by atoms with Crippen molar-refractivity contribution in [2.75, 3.05) is 0 Å². The lowest BCUT2D eigenvalue weighted by Crippen LogP contribution is -2.51. The second kappa shape index (κ2) is 8.05. The standard InChI is InChI=1S/C30H47NOSi/c1-28(2,3)33(6,7)32-23-14-16-29(4)22(19-23)10-11-24-26-13-12-25(21-9-8-18-31-20-21)30(26,5)17-15-27(24)29/h8-10,18,20,23-27H,11-17,19H2,1-7H3/t23?,24-,25?,26-,27-,29-,30+/m0/s1. The van der Waals surface area contributed by atoms with E-state index in [0.29, 0.717) is 27.9 Å². The van der Waals surface area contributed by atoms with E-state index >= 15 is 0 Å². The summed E-state index contributed by atoms with van der Waals surface area (Å²) in [5.41, 5.74) is 4.10. The predicted molar refractivity (Wildman–Crippen MR) is 141 cm³/mol. The van der Waals surface area contributed by atoms with Crippen LogP contribution in [-0.2, 0) is 4.43 Å². The molecule has 0 aromatic carbocycles. The van der Waals surface area contributed by atoms with Crippen molar-refractivity contribution in [3.05, 3.63) is 41.7 Å². The van der Waals surface area contributed by atoms with Crippen LogP contribution in [0.5, 0.6) is 0 Å². The number of rotatable bonds is 3. The van der Waals surface area contributed by atoms with Gasteiger partial charge in [0.1, 0.15) is 0 Å². The molecule has 182 valence electrons. The minimum atomic E-state index is -1.71. The van der Waals surface area contributed by atoms with Gasteiger partial charge in [-0.2, -0.15) is 0 Å². The summed E-state index contributed by atoms with van der Waals surface area (Å²) in [6.07, 6.45) is 17.9. The Kier molecular flexibility index (Phi) is 5.80. The molecule has 0 aliphatic heterocycles. The van der Waals surface area contributed by atoms with Crippen molar-refractivity contribution < 1.29 is 4.43 Å². The molecule has 7 atom stereocenters. The summed E-state index contributed by atoms with van der Waals surface area (Å²) in [4.78, 5) is 4.47. The Morgan fingerprint density at radius 3 is 2.52 bits per heavy atom. The van der Waals surface area contributed by atoms with Crippen LogP contribution in [0.4, 0.5) is 0 Å². The van der Waals surface area contributed by atoms with Crippen LogP contribution in [-0.4, -0.2) is 19.4 Å². The number of aromatic nitrogens is 1. The predicted octanol–water partition coefficient (Wildman–Crippen LogP) is 8.52. The average molecular weight is 466 g/mol. The van der Waals surface area contributed by atoms with Crippen LogP contribution in [0.2, 0.25) is 18.1 Å². The number of hydrogen-bond donors (Lipinski definition) is 0. The number of nitrogens with zero attached hydrogens (tertiary/aromatic N) is 1. The summed E-state index contributed by atoms with van der Waals surface area (Å²) in [7, 11) is -1.71. The molecule has 33 heavy (non-hydrogen) atoms. The van der Waals surface area contributed by atoms with Crippen LogP contribution >= 0.6 is 0 Å². The third kappa shape index (κ3) is 3.80.